The second-order valence-corrected chi connectivity index (χ2v) is 6.53. The number of ether oxygens (including phenoxy) is 2. The second kappa shape index (κ2) is 8.54. The highest BCUT2D eigenvalue weighted by atomic mass is 79.9. The lowest BCUT2D eigenvalue weighted by Gasteiger charge is -2.11. The summed E-state index contributed by atoms with van der Waals surface area (Å²) in [5, 5.41) is 0. The van der Waals surface area contributed by atoms with E-state index >= 15 is 0 Å². The maximum atomic E-state index is 12.4. The first kappa shape index (κ1) is 18.0. The van der Waals surface area contributed by atoms with E-state index in [-0.39, 0.29) is 12.4 Å². The molecular weight excluding hydrogens is 394 g/mol. The van der Waals surface area contributed by atoms with Gasteiger partial charge in [0, 0.05) is 5.56 Å². The maximum absolute atomic E-state index is 12.4. The van der Waals surface area contributed by atoms with E-state index in [1.54, 1.807) is 24.3 Å². The van der Waals surface area contributed by atoms with Crippen molar-refractivity contribution >= 4 is 27.4 Å². The number of nitrogen functional groups attached to an aromatic ring is 1. The summed E-state index contributed by atoms with van der Waals surface area (Å²) in [5.74, 6) is 0.961. The topological polar surface area (TPSA) is 61.5 Å². The first-order valence-corrected chi connectivity index (χ1v) is 8.89. The van der Waals surface area contributed by atoms with Crippen molar-refractivity contribution in [1.82, 2.24) is 0 Å². The predicted octanol–water partition coefficient (Wildman–Crippen LogP) is 4.87. The van der Waals surface area contributed by atoms with E-state index in [4.69, 9.17) is 15.2 Å². The van der Waals surface area contributed by atoms with Crippen molar-refractivity contribution in [2.24, 2.45) is 0 Å². The Bertz CT molecular complexity index is 877. The summed E-state index contributed by atoms with van der Waals surface area (Å²) in [6, 6.07) is 22.3. The summed E-state index contributed by atoms with van der Waals surface area (Å²) in [5.41, 5.74) is 7.95. The van der Waals surface area contributed by atoms with E-state index in [0.717, 1.165) is 5.56 Å². The van der Waals surface area contributed by atoms with Gasteiger partial charge in [-0.1, -0.05) is 48.5 Å². The molecule has 0 unspecified atom stereocenters. The fraction of sp³-hybridized carbons (Fsp3) is 0.0952. The molecule has 0 amide bonds. The number of carbonyl (C=O) groups is 1. The molecule has 0 heterocycles. The largest absolute Gasteiger partial charge is 0.489 e. The first-order chi connectivity index (χ1) is 12.6. The Morgan fingerprint density at radius 2 is 1.69 bits per heavy atom. The third kappa shape index (κ3) is 4.64. The van der Waals surface area contributed by atoms with Crippen LogP contribution in [0.25, 0.3) is 0 Å². The molecule has 3 rings (SSSR count). The molecule has 0 bridgehead atoms. The third-order valence-electron chi connectivity index (χ3n) is 3.75. The van der Waals surface area contributed by atoms with Gasteiger partial charge in [-0.05, 0) is 45.8 Å². The molecule has 0 fully saturated rings. The van der Waals surface area contributed by atoms with Gasteiger partial charge in [-0.25, -0.2) is 0 Å². The number of halogens is 1. The van der Waals surface area contributed by atoms with Crippen LogP contribution in [0.1, 0.15) is 15.9 Å². The number of hydrogen-bond acceptors (Lipinski definition) is 4. The minimum Gasteiger partial charge on any atom is -0.489 e. The lowest BCUT2D eigenvalue weighted by molar-refractivity contribution is 0.0921. The van der Waals surface area contributed by atoms with Crippen molar-refractivity contribution in [1.29, 1.82) is 0 Å². The predicted molar refractivity (Wildman–Crippen MR) is 106 cm³/mol. The zero-order valence-electron chi connectivity index (χ0n) is 14.0. The van der Waals surface area contributed by atoms with Gasteiger partial charge in [0.25, 0.3) is 0 Å². The van der Waals surface area contributed by atoms with Gasteiger partial charge in [-0.2, -0.15) is 0 Å². The van der Waals surface area contributed by atoms with Crippen LogP contribution in [0.2, 0.25) is 0 Å². The number of Topliss-reactive ketones (excluding diaryl/α,β-unsaturated/α-hetero) is 1. The Morgan fingerprint density at radius 1 is 0.923 bits per heavy atom. The highest BCUT2D eigenvalue weighted by Crippen LogP contribution is 2.31. The van der Waals surface area contributed by atoms with E-state index in [2.05, 4.69) is 15.9 Å². The van der Waals surface area contributed by atoms with Crippen LogP contribution in [0.5, 0.6) is 11.5 Å². The molecule has 0 atom stereocenters. The molecule has 0 radical (unpaired) electrons. The van der Waals surface area contributed by atoms with Gasteiger partial charge < -0.3 is 15.2 Å². The average molecular weight is 412 g/mol. The van der Waals surface area contributed by atoms with Crippen LogP contribution in [0.4, 0.5) is 5.69 Å². The summed E-state index contributed by atoms with van der Waals surface area (Å²) in [6.07, 6.45) is 0. The van der Waals surface area contributed by atoms with Crippen molar-refractivity contribution < 1.29 is 14.3 Å². The number of para-hydroxylation sites is 1. The van der Waals surface area contributed by atoms with E-state index in [1.165, 1.54) is 0 Å². The van der Waals surface area contributed by atoms with Crippen LogP contribution < -0.4 is 15.2 Å². The average Bonchev–Trinajstić information content (AvgIpc) is 2.67. The van der Waals surface area contributed by atoms with Gasteiger partial charge in [0.2, 0.25) is 0 Å². The molecule has 5 heteroatoms. The number of rotatable bonds is 7. The Balaban J connectivity index is 1.63. The molecule has 0 aliphatic carbocycles. The first-order valence-electron chi connectivity index (χ1n) is 8.10. The second-order valence-electron chi connectivity index (χ2n) is 5.67. The van der Waals surface area contributed by atoms with E-state index in [9.17, 15) is 4.79 Å². The summed E-state index contributed by atoms with van der Waals surface area (Å²) in [7, 11) is 0. The molecule has 3 aromatic carbocycles. The van der Waals surface area contributed by atoms with Crippen LogP contribution in [0, 0.1) is 0 Å². The molecular formula is C21H18BrNO3. The Kier molecular flexibility index (Phi) is 5.92. The summed E-state index contributed by atoms with van der Waals surface area (Å²) < 4.78 is 12.1. The fourth-order valence-electron chi connectivity index (χ4n) is 2.40. The number of ketones is 1. The minimum atomic E-state index is -0.148. The monoisotopic (exact) mass is 411 g/mol. The highest BCUT2D eigenvalue weighted by molar-refractivity contribution is 9.10. The van der Waals surface area contributed by atoms with Crippen molar-refractivity contribution in [3.8, 4) is 11.5 Å². The van der Waals surface area contributed by atoms with Crippen molar-refractivity contribution in [3.05, 3.63) is 88.4 Å². The van der Waals surface area contributed by atoms with Crippen molar-refractivity contribution in [3.63, 3.8) is 0 Å². The molecule has 2 N–H and O–H groups in total. The standard InChI is InChI=1S/C21H18BrNO3/c22-18-10-5-11-19(23)21(18)26-14-20(24)16-8-4-9-17(12-16)25-13-15-6-2-1-3-7-15/h1-12H,13-14,23H2. The lowest BCUT2D eigenvalue weighted by Crippen LogP contribution is -2.12. The Labute approximate surface area is 160 Å². The molecule has 0 aliphatic heterocycles. The molecule has 0 saturated heterocycles. The molecule has 4 nitrogen and oxygen atoms in total. The zero-order valence-corrected chi connectivity index (χ0v) is 15.6. The van der Waals surface area contributed by atoms with E-state index in [1.807, 2.05) is 48.5 Å². The SMILES string of the molecule is Nc1cccc(Br)c1OCC(=O)c1cccc(OCc2ccccc2)c1. The van der Waals surface area contributed by atoms with Crippen LogP contribution in [-0.2, 0) is 6.61 Å². The normalized spacial score (nSPS) is 10.3. The van der Waals surface area contributed by atoms with E-state index < -0.39 is 0 Å². The van der Waals surface area contributed by atoms with Gasteiger partial charge >= 0.3 is 0 Å². The molecule has 3 aromatic rings. The lowest BCUT2D eigenvalue weighted by atomic mass is 10.1. The van der Waals surface area contributed by atoms with Crippen LogP contribution in [-0.4, -0.2) is 12.4 Å². The quantitative estimate of drug-likeness (QED) is 0.444. The number of benzene rings is 3. The van der Waals surface area contributed by atoms with Crippen LogP contribution >= 0.6 is 15.9 Å². The van der Waals surface area contributed by atoms with Gasteiger partial charge in [0.05, 0.1) is 10.2 Å². The summed E-state index contributed by atoms with van der Waals surface area (Å²) in [6.45, 7) is 0.345. The van der Waals surface area contributed by atoms with Crippen LogP contribution in [0.15, 0.2) is 77.3 Å². The summed E-state index contributed by atoms with van der Waals surface area (Å²) in [4.78, 5) is 12.4. The fourth-order valence-corrected chi connectivity index (χ4v) is 2.90. The minimum absolute atomic E-state index is 0.102. The van der Waals surface area contributed by atoms with Gasteiger partial charge in [-0.3, -0.25) is 4.79 Å². The van der Waals surface area contributed by atoms with Gasteiger partial charge in [-0.15, -0.1) is 0 Å². The van der Waals surface area contributed by atoms with Gasteiger partial charge in [0.15, 0.2) is 18.1 Å². The molecule has 0 aliphatic rings. The summed E-state index contributed by atoms with van der Waals surface area (Å²) >= 11 is 3.37. The molecule has 0 aromatic heterocycles. The maximum Gasteiger partial charge on any atom is 0.200 e. The number of carbonyl (C=O) groups excluding carboxylic acids is 1. The smallest absolute Gasteiger partial charge is 0.200 e. The highest BCUT2D eigenvalue weighted by Gasteiger charge is 2.11. The number of hydrogen-bond donors (Lipinski definition) is 1. The van der Waals surface area contributed by atoms with Crippen molar-refractivity contribution in [2.75, 3.05) is 12.3 Å². The Hall–Kier alpha value is -2.79. The van der Waals surface area contributed by atoms with Gasteiger partial charge in [0.1, 0.15) is 12.4 Å². The molecule has 0 saturated carbocycles. The Morgan fingerprint density at radius 3 is 2.46 bits per heavy atom. The molecule has 0 spiro atoms. The third-order valence-corrected chi connectivity index (χ3v) is 4.37. The zero-order chi connectivity index (χ0) is 18.4. The molecule has 132 valence electrons. The van der Waals surface area contributed by atoms with Crippen molar-refractivity contribution in [2.45, 2.75) is 6.61 Å². The number of nitrogens with two attached hydrogens (primary N) is 1. The van der Waals surface area contributed by atoms with E-state index in [0.29, 0.717) is 33.8 Å². The number of anilines is 1. The van der Waals surface area contributed by atoms with Crippen LogP contribution in [0.3, 0.4) is 0 Å². The molecule has 26 heavy (non-hydrogen) atoms.